The van der Waals surface area contributed by atoms with Crippen LogP contribution < -0.4 is 5.32 Å². The molecule has 3 rings (SSSR count). The molecular weight excluding hydrogens is 294 g/mol. The van der Waals surface area contributed by atoms with Gasteiger partial charge in [-0.3, -0.25) is 4.79 Å². The van der Waals surface area contributed by atoms with Gasteiger partial charge in [-0.05, 0) is 35.9 Å². The van der Waals surface area contributed by atoms with Gasteiger partial charge in [0.2, 0.25) is 5.91 Å². The number of hydrogen-bond donors (Lipinski definition) is 3. The largest absolute Gasteiger partial charge is 0.478 e. The summed E-state index contributed by atoms with van der Waals surface area (Å²) in [4.78, 5) is 29.6. The molecule has 0 aliphatic carbocycles. The zero-order chi connectivity index (χ0) is 16.4. The van der Waals surface area contributed by atoms with Crippen LogP contribution in [0.4, 0.5) is 5.69 Å². The summed E-state index contributed by atoms with van der Waals surface area (Å²) in [6.07, 6.45) is 0.595. The van der Waals surface area contributed by atoms with E-state index in [4.69, 9.17) is 5.11 Å². The topological polar surface area (TPSA) is 95.1 Å². The zero-order valence-electron chi connectivity index (χ0n) is 12.5. The number of anilines is 1. The third-order valence-electron chi connectivity index (χ3n) is 3.42. The van der Waals surface area contributed by atoms with Crippen LogP contribution in [0.3, 0.4) is 0 Å². The Labute approximate surface area is 132 Å². The van der Waals surface area contributed by atoms with Gasteiger partial charge in [-0.2, -0.15) is 0 Å². The minimum absolute atomic E-state index is 0.107. The number of carbonyl (C=O) groups is 2. The van der Waals surface area contributed by atoms with Crippen molar-refractivity contribution in [3.63, 3.8) is 0 Å². The molecular formula is C17H15N3O3. The van der Waals surface area contributed by atoms with Crippen molar-refractivity contribution in [1.82, 2.24) is 9.97 Å². The van der Waals surface area contributed by atoms with Crippen LogP contribution in [0.2, 0.25) is 0 Å². The number of benzene rings is 2. The van der Waals surface area contributed by atoms with Gasteiger partial charge in [0, 0.05) is 19.0 Å². The fourth-order valence-electron chi connectivity index (χ4n) is 2.38. The number of carbonyl (C=O) groups excluding carboxylic acids is 1. The molecule has 0 saturated heterocycles. The summed E-state index contributed by atoms with van der Waals surface area (Å²) < 4.78 is 0. The van der Waals surface area contributed by atoms with E-state index >= 15 is 0 Å². The number of aromatic amines is 1. The first kappa shape index (κ1) is 14.8. The van der Waals surface area contributed by atoms with Crippen LogP contribution in [0.25, 0.3) is 11.0 Å². The van der Waals surface area contributed by atoms with Crippen LogP contribution in [-0.2, 0) is 11.2 Å². The Hall–Kier alpha value is -3.15. The van der Waals surface area contributed by atoms with Crippen LogP contribution >= 0.6 is 0 Å². The van der Waals surface area contributed by atoms with Crippen molar-refractivity contribution in [3.8, 4) is 0 Å². The lowest BCUT2D eigenvalue weighted by Crippen LogP contribution is -2.05. The van der Waals surface area contributed by atoms with Gasteiger partial charge >= 0.3 is 5.97 Å². The fraction of sp³-hybridized carbons (Fsp3) is 0.118. The number of carboxylic acids is 1. The molecule has 1 heterocycles. The molecule has 1 aromatic heterocycles. The Bertz CT molecular complexity index is 882. The maximum absolute atomic E-state index is 11.0. The molecule has 0 spiro atoms. The molecule has 0 radical (unpaired) electrons. The number of hydrogen-bond acceptors (Lipinski definition) is 3. The molecule has 6 heteroatoms. The standard InChI is InChI=1S/C17H15N3O3/c1-10(21)18-13-5-2-11(3-6-13)8-16-19-14-7-4-12(17(22)23)9-15(14)20-16/h2-7,9H,8H2,1H3,(H,18,21)(H,19,20)(H,22,23). The van der Waals surface area contributed by atoms with E-state index in [0.717, 1.165) is 22.6 Å². The molecule has 6 nitrogen and oxygen atoms in total. The van der Waals surface area contributed by atoms with Gasteiger partial charge in [0.25, 0.3) is 0 Å². The first-order valence-corrected chi connectivity index (χ1v) is 7.10. The fourth-order valence-corrected chi connectivity index (χ4v) is 2.38. The van der Waals surface area contributed by atoms with E-state index < -0.39 is 5.97 Å². The molecule has 3 N–H and O–H groups in total. The summed E-state index contributed by atoms with van der Waals surface area (Å²) in [7, 11) is 0. The maximum atomic E-state index is 11.0. The number of aromatic carboxylic acids is 1. The Morgan fingerprint density at radius 1 is 1.17 bits per heavy atom. The van der Waals surface area contributed by atoms with Gasteiger partial charge in [0.15, 0.2) is 0 Å². The molecule has 116 valence electrons. The third-order valence-corrected chi connectivity index (χ3v) is 3.42. The van der Waals surface area contributed by atoms with E-state index in [0.29, 0.717) is 11.9 Å². The summed E-state index contributed by atoms with van der Waals surface area (Å²) in [5.74, 6) is -0.310. The summed E-state index contributed by atoms with van der Waals surface area (Å²) in [6.45, 7) is 1.47. The van der Waals surface area contributed by atoms with Gasteiger partial charge in [-0.15, -0.1) is 0 Å². The maximum Gasteiger partial charge on any atom is 0.335 e. The minimum atomic E-state index is -0.961. The number of fused-ring (bicyclic) bond motifs is 1. The highest BCUT2D eigenvalue weighted by Gasteiger charge is 2.08. The average Bonchev–Trinajstić information content (AvgIpc) is 2.90. The van der Waals surface area contributed by atoms with E-state index in [-0.39, 0.29) is 11.5 Å². The second kappa shape index (κ2) is 5.92. The van der Waals surface area contributed by atoms with Crippen molar-refractivity contribution in [2.45, 2.75) is 13.3 Å². The lowest BCUT2D eigenvalue weighted by atomic mass is 10.1. The van der Waals surface area contributed by atoms with E-state index in [2.05, 4.69) is 15.3 Å². The lowest BCUT2D eigenvalue weighted by Gasteiger charge is -2.03. The predicted octanol–water partition coefficient (Wildman–Crippen LogP) is 2.81. The van der Waals surface area contributed by atoms with Crippen molar-refractivity contribution >= 4 is 28.6 Å². The van der Waals surface area contributed by atoms with Crippen molar-refractivity contribution in [3.05, 3.63) is 59.4 Å². The van der Waals surface area contributed by atoms with Crippen LogP contribution in [0, 0.1) is 0 Å². The monoisotopic (exact) mass is 309 g/mol. The van der Waals surface area contributed by atoms with E-state index in [1.165, 1.54) is 13.0 Å². The summed E-state index contributed by atoms with van der Waals surface area (Å²) in [6, 6.07) is 12.3. The van der Waals surface area contributed by atoms with Gasteiger partial charge in [-0.1, -0.05) is 12.1 Å². The molecule has 0 atom stereocenters. The third kappa shape index (κ3) is 3.37. The molecule has 2 aromatic carbocycles. The molecule has 0 aliphatic heterocycles. The number of imidazole rings is 1. The Balaban J connectivity index is 1.81. The highest BCUT2D eigenvalue weighted by molar-refractivity contribution is 5.92. The highest BCUT2D eigenvalue weighted by atomic mass is 16.4. The summed E-state index contributed by atoms with van der Waals surface area (Å²) in [5, 5.41) is 11.7. The van der Waals surface area contributed by atoms with E-state index in [9.17, 15) is 9.59 Å². The highest BCUT2D eigenvalue weighted by Crippen LogP contribution is 2.17. The number of aromatic nitrogens is 2. The van der Waals surface area contributed by atoms with E-state index in [1.807, 2.05) is 24.3 Å². The second-order valence-electron chi connectivity index (χ2n) is 5.28. The number of H-pyrrole nitrogens is 1. The van der Waals surface area contributed by atoms with Gasteiger partial charge in [-0.25, -0.2) is 9.78 Å². The predicted molar refractivity (Wildman–Crippen MR) is 86.6 cm³/mol. The SMILES string of the molecule is CC(=O)Nc1ccc(Cc2nc3ccc(C(=O)O)cc3[nH]2)cc1. The first-order chi connectivity index (χ1) is 11.0. The molecule has 0 aliphatic rings. The molecule has 0 saturated carbocycles. The minimum Gasteiger partial charge on any atom is -0.478 e. The summed E-state index contributed by atoms with van der Waals surface area (Å²) in [5.41, 5.74) is 3.45. The lowest BCUT2D eigenvalue weighted by molar-refractivity contribution is -0.114. The van der Waals surface area contributed by atoms with Crippen LogP contribution in [0.15, 0.2) is 42.5 Å². The number of nitrogens with zero attached hydrogens (tertiary/aromatic N) is 1. The van der Waals surface area contributed by atoms with Crippen molar-refractivity contribution < 1.29 is 14.7 Å². The van der Waals surface area contributed by atoms with Gasteiger partial charge < -0.3 is 15.4 Å². The van der Waals surface area contributed by atoms with Crippen LogP contribution in [0.1, 0.15) is 28.7 Å². The van der Waals surface area contributed by atoms with Crippen LogP contribution in [0.5, 0.6) is 0 Å². The number of nitrogens with one attached hydrogen (secondary N) is 2. The first-order valence-electron chi connectivity index (χ1n) is 7.10. The molecule has 23 heavy (non-hydrogen) atoms. The average molecular weight is 309 g/mol. The Morgan fingerprint density at radius 3 is 2.57 bits per heavy atom. The Kier molecular flexibility index (Phi) is 3.80. The normalized spacial score (nSPS) is 10.7. The summed E-state index contributed by atoms with van der Waals surface area (Å²) >= 11 is 0. The van der Waals surface area contributed by atoms with Crippen molar-refractivity contribution in [2.75, 3.05) is 5.32 Å². The number of carboxylic acid groups (broad SMARTS) is 1. The van der Waals surface area contributed by atoms with Gasteiger partial charge in [0.05, 0.1) is 16.6 Å². The molecule has 0 fully saturated rings. The molecule has 0 bridgehead atoms. The molecule has 3 aromatic rings. The van der Waals surface area contributed by atoms with Crippen molar-refractivity contribution in [2.24, 2.45) is 0 Å². The molecule has 1 amide bonds. The smallest absolute Gasteiger partial charge is 0.335 e. The van der Waals surface area contributed by atoms with Crippen LogP contribution in [-0.4, -0.2) is 27.0 Å². The van der Waals surface area contributed by atoms with Crippen molar-refractivity contribution in [1.29, 1.82) is 0 Å². The second-order valence-corrected chi connectivity index (χ2v) is 5.28. The van der Waals surface area contributed by atoms with Gasteiger partial charge in [0.1, 0.15) is 5.82 Å². The number of rotatable bonds is 4. The Morgan fingerprint density at radius 2 is 1.91 bits per heavy atom. The number of amides is 1. The molecule has 0 unspecified atom stereocenters. The quantitative estimate of drug-likeness (QED) is 0.690. The zero-order valence-corrected chi connectivity index (χ0v) is 12.5. The van der Waals surface area contributed by atoms with E-state index in [1.54, 1.807) is 12.1 Å².